The molecule has 96 valence electrons. The summed E-state index contributed by atoms with van der Waals surface area (Å²) in [7, 11) is 1.95. The molecule has 1 aromatic carbocycles. The van der Waals surface area contributed by atoms with Gasteiger partial charge in [-0.15, -0.1) is 0 Å². The van der Waals surface area contributed by atoms with Crippen LogP contribution >= 0.6 is 0 Å². The Morgan fingerprint density at radius 1 is 1.24 bits per heavy atom. The molecule has 1 aromatic rings. The van der Waals surface area contributed by atoms with Crippen LogP contribution in [0, 0.1) is 18.7 Å². The van der Waals surface area contributed by atoms with E-state index >= 15 is 0 Å². The van der Waals surface area contributed by atoms with Gasteiger partial charge in [-0.3, -0.25) is 0 Å². The predicted octanol–water partition coefficient (Wildman–Crippen LogP) is 4.22. The molecular weight excluding hydrogens is 213 g/mol. The van der Waals surface area contributed by atoms with Gasteiger partial charge in [0, 0.05) is 6.04 Å². The smallest absolute Gasteiger partial charge is 0.126 e. The van der Waals surface area contributed by atoms with Crippen molar-refractivity contribution in [3.63, 3.8) is 0 Å². The summed E-state index contributed by atoms with van der Waals surface area (Å²) in [5.41, 5.74) is 1.77. The van der Waals surface area contributed by atoms with Crippen molar-refractivity contribution in [2.45, 2.75) is 46.1 Å². The minimum absolute atomic E-state index is 0.104. The zero-order valence-electron chi connectivity index (χ0n) is 11.4. The Morgan fingerprint density at radius 2 is 1.88 bits per heavy atom. The second-order valence-corrected chi connectivity index (χ2v) is 4.77. The van der Waals surface area contributed by atoms with Crippen LogP contribution in [0.1, 0.15) is 50.3 Å². The summed E-state index contributed by atoms with van der Waals surface area (Å²) in [6.45, 7) is 6.24. The average Bonchev–Trinajstić information content (AvgIpc) is 2.35. The summed E-state index contributed by atoms with van der Waals surface area (Å²) < 4.78 is 13.5. The van der Waals surface area contributed by atoms with Crippen molar-refractivity contribution in [2.75, 3.05) is 7.05 Å². The fraction of sp³-hybridized carbons (Fsp3) is 0.600. The van der Waals surface area contributed by atoms with E-state index < -0.39 is 0 Å². The molecule has 0 bridgehead atoms. The van der Waals surface area contributed by atoms with Gasteiger partial charge in [0.05, 0.1) is 0 Å². The van der Waals surface area contributed by atoms with Gasteiger partial charge in [0.25, 0.3) is 0 Å². The topological polar surface area (TPSA) is 12.0 Å². The number of benzene rings is 1. The molecule has 0 spiro atoms. The highest BCUT2D eigenvalue weighted by Gasteiger charge is 2.15. The molecule has 0 aliphatic carbocycles. The third-order valence-electron chi connectivity index (χ3n) is 3.67. The van der Waals surface area contributed by atoms with Gasteiger partial charge < -0.3 is 5.32 Å². The fourth-order valence-corrected chi connectivity index (χ4v) is 2.20. The number of nitrogens with one attached hydrogen (secondary N) is 1. The van der Waals surface area contributed by atoms with Gasteiger partial charge in [-0.2, -0.15) is 0 Å². The van der Waals surface area contributed by atoms with Crippen LogP contribution in [-0.4, -0.2) is 7.05 Å². The van der Waals surface area contributed by atoms with Crippen LogP contribution in [0.15, 0.2) is 18.2 Å². The minimum atomic E-state index is -0.104. The summed E-state index contributed by atoms with van der Waals surface area (Å²) in [5.74, 6) is 0.601. The molecule has 1 N–H and O–H groups in total. The molecule has 0 aromatic heterocycles. The molecule has 0 saturated carbocycles. The van der Waals surface area contributed by atoms with Crippen molar-refractivity contribution in [1.82, 2.24) is 5.32 Å². The molecule has 0 saturated heterocycles. The van der Waals surface area contributed by atoms with Crippen molar-refractivity contribution >= 4 is 0 Å². The number of hydrogen-bond acceptors (Lipinski definition) is 1. The Hall–Kier alpha value is -0.890. The third kappa shape index (κ3) is 3.81. The second kappa shape index (κ2) is 6.75. The quantitative estimate of drug-likeness (QED) is 0.781. The minimum Gasteiger partial charge on any atom is -0.313 e. The maximum Gasteiger partial charge on any atom is 0.126 e. The van der Waals surface area contributed by atoms with Crippen LogP contribution in [-0.2, 0) is 0 Å². The van der Waals surface area contributed by atoms with Crippen LogP contribution in [0.2, 0.25) is 0 Å². The van der Waals surface area contributed by atoms with E-state index in [-0.39, 0.29) is 11.9 Å². The summed E-state index contributed by atoms with van der Waals surface area (Å²) in [6.07, 6.45) is 3.44. The van der Waals surface area contributed by atoms with Crippen LogP contribution in [0.5, 0.6) is 0 Å². The molecule has 0 aliphatic heterocycles. The Labute approximate surface area is 104 Å². The average molecular weight is 237 g/mol. The Balaban J connectivity index is 2.82. The highest BCUT2D eigenvalue weighted by molar-refractivity contribution is 5.25. The van der Waals surface area contributed by atoms with Gasteiger partial charge >= 0.3 is 0 Å². The van der Waals surface area contributed by atoms with Gasteiger partial charge in [-0.1, -0.05) is 38.8 Å². The van der Waals surface area contributed by atoms with E-state index in [0.29, 0.717) is 11.5 Å². The lowest BCUT2D eigenvalue weighted by Gasteiger charge is -2.22. The van der Waals surface area contributed by atoms with Gasteiger partial charge in [0.2, 0.25) is 0 Å². The van der Waals surface area contributed by atoms with Crippen molar-refractivity contribution in [2.24, 2.45) is 5.92 Å². The van der Waals surface area contributed by atoms with Crippen molar-refractivity contribution in [1.29, 1.82) is 0 Å². The summed E-state index contributed by atoms with van der Waals surface area (Å²) >= 11 is 0. The fourth-order valence-electron chi connectivity index (χ4n) is 2.20. The largest absolute Gasteiger partial charge is 0.313 e. The highest BCUT2D eigenvalue weighted by atomic mass is 19.1. The van der Waals surface area contributed by atoms with E-state index in [1.165, 1.54) is 12.8 Å². The first-order valence-electron chi connectivity index (χ1n) is 6.55. The van der Waals surface area contributed by atoms with Gasteiger partial charge in [0.1, 0.15) is 5.82 Å². The lowest BCUT2D eigenvalue weighted by Crippen LogP contribution is -2.19. The monoisotopic (exact) mass is 237 g/mol. The number of rotatable bonds is 6. The summed E-state index contributed by atoms with van der Waals surface area (Å²) in [5, 5.41) is 3.30. The first kappa shape index (κ1) is 14.2. The normalized spacial score (nSPS) is 13.1. The SMILES string of the molecule is CCC(CC)CC(NC)c1ccc(C)c(F)c1. The Morgan fingerprint density at radius 3 is 2.35 bits per heavy atom. The molecule has 1 atom stereocenters. The van der Waals surface area contributed by atoms with E-state index in [1.807, 2.05) is 19.2 Å². The first-order valence-corrected chi connectivity index (χ1v) is 6.55. The van der Waals surface area contributed by atoms with Gasteiger partial charge in [-0.05, 0) is 43.5 Å². The van der Waals surface area contributed by atoms with Crippen molar-refractivity contribution in [3.8, 4) is 0 Å². The standard InChI is InChI=1S/C15H24FN/c1-5-12(6-2)9-15(17-4)13-8-7-11(3)14(16)10-13/h7-8,10,12,15,17H,5-6,9H2,1-4H3. The second-order valence-electron chi connectivity index (χ2n) is 4.77. The molecule has 0 heterocycles. The predicted molar refractivity (Wildman–Crippen MR) is 71.6 cm³/mol. The maximum absolute atomic E-state index is 13.5. The maximum atomic E-state index is 13.5. The van der Waals surface area contributed by atoms with Crippen molar-refractivity contribution in [3.05, 3.63) is 35.1 Å². The number of hydrogen-bond donors (Lipinski definition) is 1. The van der Waals surface area contributed by atoms with E-state index in [4.69, 9.17) is 0 Å². The van der Waals surface area contributed by atoms with Crippen LogP contribution in [0.25, 0.3) is 0 Å². The molecule has 1 rings (SSSR count). The van der Waals surface area contributed by atoms with Crippen LogP contribution in [0.3, 0.4) is 0 Å². The lowest BCUT2D eigenvalue weighted by molar-refractivity contribution is 0.384. The molecule has 17 heavy (non-hydrogen) atoms. The third-order valence-corrected chi connectivity index (χ3v) is 3.67. The zero-order chi connectivity index (χ0) is 12.8. The molecule has 0 aliphatic rings. The highest BCUT2D eigenvalue weighted by Crippen LogP contribution is 2.26. The Kier molecular flexibility index (Phi) is 5.63. The summed E-state index contributed by atoms with van der Waals surface area (Å²) in [4.78, 5) is 0. The van der Waals surface area contributed by atoms with Crippen LogP contribution < -0.4 is 5.32 Å². The summed E-state index contributed by atoms with van der Waals surface area (Å²) in [6, 6.07) is 5.82. The molecule has 1 nitrogen and oxygen atoms in total. The van der Waals surface area contributed by atoms with Crippen molar-refractivity contribution < 1.29 is 4.39 Å². The lowest BCUT2D eigenvalue weighted by atomic mass is 9.91. The number of halogens is 1. The molecular formula is C15H24FN. The molecule has 1 unspecified atom stereocenters. The molecule has 2 heteroatoms. The van der Waals surface area contributed by atoms with E-state index in [9.17, 15) is 4.39 Å². The molecule has 0 amide bonds. The Bertz CT molecular complexity index is 345. The van der Waals surface area contributed by atoms with E-state index in [2.05, 4.69) is 19.2 Å². The number of aryl methyl sites for hydroxylation is 1. The van der Waals surface area contributed by atoms with Crippen LogP contribution in [0.4, 0.5) is 4.39 Å². The van der Waals surface area contributed by atoms with E-state index in [0.717, 1.165) is 12.0 Å². The first-order chi connectivity index (χ1) is 8.12. The van der Waals surface area contributed by atoms with E-state index in [1.54, 1.807) is 13.0 Å². The van der Waals surface area contributed by atoms with Gasteiger partial charge in [0.15, 0.2) is 0 Å². The molecule has 0 radical (unpaired) electrons. The zero-order valence-corrected chi connectivity index (χ0v) is 11.4. The van der Waals surface area contributed by atoms with Gasteiger partial charge in [-0.25, -0.2) is 4.39 Å². The molecule has 0 fully saturated rings.